The first-order chi connectivity index (χ1) is 12.8. The predicted molar refractivity (Wildman–Crippen MR) is 105 cm³/mol. The van der Waals surface area contributed by atoms with Crippen LogP contribution < -0.4 is 10.1 Å². The minimum absolute atomic E-state index is 0.0506. The number of carbonyl (C=O) groups excluding carboxylic acids is 1. The second-order valence-corrected chi connectivity index (χ2v) is 6.72. The highest BCUT2D eigenvalue weighted by atomic mass is 16.5. The summed E-state index contributed by atoms with van der Waals surface area (Å²) in [6, 6.07) is 16.4. The van der Waals surface area contributed by atoms with Gasteiger partial charge in [0, 0.05) is 13.1 Å². The van der Waals surface area contributed by atoms with Crippen LogP contribution in [-0.2, 0) is 19.4 Å². The predicted octanol–water partition coefficient (Wildman–Crippen LogP) is 4.18. The maximum Gasteiger partial charge on any atom is 0.317 e. The zero-order valence-corrected chi connectivity index (χ0v) is 15.5. The second-order valence-electron chi connectivity index (χ2n) is 6.72. The highest BCUT2D eigenvalue weighted by Crippen LogP contribution is 2.25. The molecule has 0 spiro atoms. The Labute approximate surface area is 156 Å². The van der Waals surface area contributed by atoms with Gasteiger partial charge in [-0.3, -0.25) is 0 Å². The maximum absolute atomic E-state index is 12.3. The Morgan fingerprint density at radius 3 is 2.62 bits per heavy atom. The largest absolute Gasteiger partial charge is 0.492 e. The van der Waals surface area contributed by atoms with Crippen LogP contribution in [0.4, 0.5) is 4.79 Å². The fraction of sp³-hybridized carbons (Fsp3) is 0.409. The molecule has 0 unspecified atom stereocenters. The van der Waals surface area contributed by atoms with Crippen LogP contribution in [0.2, 0.25) is 0 Å². The van der Waals surface area contributed by atoms with Gasteiger partial charge in [-0.2, -0.15) is 0 Å². The molecule has 138 valence electrons. The minimum Gasteiger partial charge on any atom is -0.492 e. The number of nitrogens with zero attached hydrogens (tertiary/aromatic N) is 1. The van der Waals surface area contributed by atoms with Crippen molar-refractivity contribution in [3.05, 3.63) is 65.2 Å². The molecule has 0 aromatic heterocycles. The van der Waals surface area contributed by atoms with E-state index < -0.39 is 0 Å². The molecule has 2 aromatic rings. The lowest BCUT2D eigenvalue weighted by molar-refractivity contribution is 0.195. The van der Waals surface area contributed by atoms with Crippen LogP contribution in [0.1, 0.15) is 36.5 Å². The molecular weight excluding hydrogens is 324 g/mol. The van der Waals surface area contributed by atoms with E-state index in [2.05, 4.69) is 17.4 Å². The van der Waals surface area contributed by atoms with Crippen LogP contribution in [0, 0.1) is 0 Å². The van der Waals surface area contributed by atoms with Crippen molar-refractivity contribution in [2.24, 2.45) is 0 Å². The van der Waals surface area contributed by atoms with E-state index in [1.165, 1.54) is 30.4 Å². The average molecular weight is 352 g/mol. The smallest absolute Gasteiger partial charge is 0.317 e. The van der Waals surface area contributed by atoms with Crippen molar-refractivity contribution in [3.8, 4) is 5.75 Å². The first-order valence-electron chi connectivity index (χ1n) is 9.57. The van der Waals surface area contributed by atoms with E-state index in [1.807, 2.05) is 43.3 Å². The quantitative estimate of drug-likeness (QED) is 0.760. The molecule has 3 rings (SSSR count). The zero-order chi connectivity index (χ0) is 18.2. The summed E-state index contributed by atoms with van der Waals surface area (Å²) in [5.74, 6) is 0.900. The molecule has 2 aromatic carbocycles. The molecule has 26 heavy (non-hydrogen) atoms. The first kappa shape index (κ1) is 18.3. The Morgan fingerprint density at radius 1 is 1.08 bits per heavy atom. The van der Waals surface area contributed by atoms with E-state index in [0.717, 1.165) is 17.7 Å². The monoisotopic (exact) mass is 352 g/mol. The number of hydrogen-bond donors (Lipinski definition) is 1. The molecule has 0 fully saturated rings. The molecule has 1 aliphatic rings. The van der Waals surface area contributed by atoms with Gasteiger partial charge in [0.15, 0.2) is 0 Å². The maximum atomic E-state index is 12.3. The molecule has 0 atom stereocenters. The highest BCUT2D eigenvalue weighted by Gasteiger charge is 2.12. The van der Waals surface area contributed by atoms with Gasteiger partial charge in [-0.1, -0.05) is 36.4 Å². The van der Waals surface area contributed by atoms with E-state index in [1.54, 1.807) is 4.90 Å². The average Bonchev–Trinajstić information content (AvgIpc) is 2.70. The van der Waals surface area contributed by atoms with Crippen LogP contribution >= 0.6 is 0 Å². The summed E-state index contributed by atoms with van der Waals surface area (Å²) in [5, 5.41) is 2.95. The lowest BCUT2D eigenvalue weighted by Crippen LogP contribution is -2.41. The van der Waals surface area contributed by atoms with E-state index in [-0.39, 0.29) is 6.03 Å². The fourth-order valence-corrected chi connectivity index (χ4v) is 3.37. The molecular formula is C22H28N2O2. The number of amides is 2. The van der Waals surface area contributed by atoms with Crippen LogP contribution in [0.3, 0.4) is 0 Å². The summed E-state index contributed by atoms with van der Waals surface area (Å²) in [4.78, 5) is 14.1. The number of nitrogens with one attached hydrogen (secondary N) is 1. The SMILES string of the molecule is CCN(Cc1ccccc1)C(=O)NCCOc1ccc2c(c1)CCCC2. The lowest BCUT2D eigenvalue weighted by atomic mass is 9.92. The van der Waals surface area contributed by atoms with Gasteiger partial charge in [-0.25, -0.2) is 4.79 Å². The first-order valence-corrected chi connectivity index (χ1v) is 9.57. The zero-order valence-electron chi connectivity index (χ0n) is 15.5. The van der Waals surface area contributed by atoms with E-state index in [4.69, 9.17) is 4.74 Å². The number of urea groups is 1. The molecule has 1 aliphatic carbocycles. The van der Waals surface area contributed by atoms with Gasteiger partial charge in [-0.15, -0.1) is 0 Å². The molecule has 0 heterocycles. The number of carbonyl (C=O) groups is 1. The fourth-order valence-electron chi connectivity index (χ4n) is 3.37. The number of aryl methyl sites for hydroxylation is 2. The number of rotatable bonds is 7. The van der Waals surface area contributed by atoms with E-state index >= 15 is 0 Å². The van der Waals surface area contributed by atoms with Crippen molar-refractivity contribution in [3.63, 3.8) is 0 Å². The second kappa shape index (κ2) is 9.27. The van der Waals surface area contributed by atoms with Crippen molar-refractivity contribution in [2.45, 2.75) is 39.2 Å². The highest BCUT2D eigenvalue weighted by molar-refractivity contribution is 5.74. The Hall–Kier alpha value is -2.49. The molecule has 0 saturated heterocycles. The minimum atomic E-state index is -0.0506. The molecule has 4 nitrogen and oxygen atoms in total. The van der Waals surface area contributed by atoms with Crippen LogP contribution in [0.25, 0.3) is 0 Å². The van der Waals surface area contributed by atoms with Gasteiger partial charge in [0.2, 0.25) is 0 Å². The molecule has 0 radical (unpaired) electrons. The summed E-state index contributed by atoms with van der Waals surface area (Å²) < 4.78 is 5.82. The lowest BCUT2D eigenvalue weighted by Gasteiger charge is -2.21. The molecule has 4 heteroatoms. The van der Waals surface area contributed by atoms with Crippen molar-refractivity contribution in [1.29, 1.82) is 0 Å². The van der Waals surface area contributed by atoms with Gasteiger partial charge in [-0.05, 0) is 61.4 Å². The van der Waals surface area contributed by atoms with Gasteiger partial charge in [0.25, 0.3) is 0 Å². The van der Waals surface area contributed by atoms with Crippen molar-refractivity contribution >= 4 is 6.03 Å². The molecule has 0 saturated carbocycles. The molecule has 0 bridgehead atoms. The summed E-state index contributed by atoms with van der Waals surface area (Å²) in [7, 11) is 0. The van der Waals surface area contributed by atoms with Crippen molar-refractivity contribution < 1.29 is 9.53 Å². The van der Waals surface area contributed by atoms with E-state index in [9.17, 15) is 4.79 Å². The topological polar surface area (TPSA) is 41.6 Å². The number of fused-ring (bicyclic) bond motifs is 1. The third-order valence-corrected chi connectivity index (χ3v) is 4.85. The van der Waals surface area contributed by atoms with Gasteiger partial charge < -0.3 is 15.0 Å². The normalized spacial score (nSPS) is 13.0. The van der Waals surface area contributed by atoms with Crippen LogP contribution in [0.5, 0.6) is 5.75 Å². The standard InChI is InChI=1S/C22H28N2O2/c1-2-24(17-18-8-4-3-5-9-18)22(25)23-14-15-26-21-13-12-19-10-6-7-11-20(19)16-21/h3-5,8-9,12-13,16H,2,6-7,10-11,14-15,17H2,1H3,(H,23,25). The Kier molecular flexibility index (Phi) is 6.53. The third-order valence-electron chi connectivity index (χ3n) is 4.85. The van der Waals surface area contributed by atoms with Gasteiger partial charge in [0.1, 0.15) is 12.4 Å². The Balaban J connectivity index is 1.43. The van der Waals surface area contributed by atoms with Crippen LogP contribution in [-0.4, -0.2) is 30.6 Å². The number of hydrogen-bond acceptors (Lipinski definition) is 2. The van der Waals surface area contributed by atoms with Gasteiger partial charge in [0.05, 0.1) is 6.54 Å². The Morgan fingerprint density at radius 2 is 1.85 bits per heavy atom. The summed E-state index contributed by atoms with van der Waals surface area (Å²) in [6.07, 6.45) is 4.88. The van der Waals surface area contributed by atoms with Crippen molar-refractivity contribution in [1.82, 2.24) is 10.2 Å². The summed E-state index contributed by atoms with van der Waals surface area (Å²) in [6.45, 7) is 4.27. The summed E-state index contributed by atoms with van der Waals surface area (Å²) >= 11 is 0. The van der Waals surface area contributed by atoms with Crippen LogP contribution in [0.15, 0.2) is 48.5 Å². The summed E-state index contributed by atoms with van der Waals surface area (Å²) in [5.41, 5.74) is 4.00. The molecule has 2 amide bonds. The molecule has 0 aliphatic heterocycles. The van der Waals surface area contributed by atoms with Crippen molar-refractivity contribution in [2.75, 3.05) is 19.7 Å². The third kappa shape index (κ3) is 5.01. The van der Waals surface area contributed by atoms with Gasteiger partial charge >= 0.3 is 6.03 Å². The number of ether oxygens (including phenoxy) is 1. The molecule has 1 N–H and O–H groups in total. The Bertz CT molecular complexity index is 715. The van der Waals surface area contributed by atoms with E-state index in [0.29, 0.717) is 26.2 Å². The number of benzene rings is 2.